The maximum atomic E-state index is 13.9. The molecular formula is C39H48N8O4. The first kappa shape index (κ1) is 34.3. The molecule has 0 spiro atoms. The van der Waals surface area contributed by atoms with Crippen LogP contribution >= 0.6 is 0 Å². The Labute approximate surface area is 299 Å². The number of hydrogen-bond donors (Lipinski definition) is 1. The van der Waals surface area contributed by atoms with Gasteiger partial charge in [-0.25, -0.2) is 14.8 Å². The molecule has 12 heteroatoms. The molecule has 0 aromatic carbocycles. The summed E-state index contributed by atoms with van der Waals surface area (Å²) in [6, 6.07) is 9.72. The zero-order chi connectivity index (χ0) is 36.2. The average Bonchev–Trinajstić information content (AvgIpc) is 3.58. The number of fused-ring (bicyclic) bond motifs is 3. The number of aryl methyl sites for hydroxylation is 1. The zero-order valence-corrected chi connectivity index (χ0v) is 30.7. The topological polar surface area (TPSA) is 118 Å². The molecule has 1 fully saturated rings. The first-order chi connectivity index (χ1) is 24.2. The Kier molecular flexibility index (Phi) is 8.67. The van der Waals surface area contributed by atoms with Crippen molar-refractivity contribution in [3.05, 3.63) is 81.8 Å². The van der Waals surface area contributed by atoms with E-state index in [0.29, 0.717) is 56.5 Å². The van der Waals surface area contributed by atoms with Crippen LogP contribution in [0.25, 0.3) is 11.1 Å². The SMILES string of the molecule is CCc1c(-c2cc(Nc3ccc(N4CCN(C(=O)OC(C)(C)C)CC4)cn3)c(=O)n(C)c2)ccnc1N1CCn2c(cc3c2CC(C)(C)C3)C1=O. The molecule has 6 heterocycles. The number of hydrogen-bond acceptors (Lipinski definition) is 8. The lowest BCUT2D eigenvalue weighted by Gasteiger charge is -2.36. The minimum absolute atomic E-state index is 0.0185. The van der Waals surface area contributed by atoms with Crippen molar-refractivity contribution in [2.45, 2.75) is 73.0 Å². The lowest BCUT2D eigenvalue weighted by atomic mass is 9.90. The van der Waals surface area contributed by atoms with E-state index in [1.807, 2.05) is 56.1 Å². The van der Waals surface area contributed by atoms with Crippen LogP contribution in [0.4, 0.5) is 27.8 Å². The van der Waals surface area contributed by atoms with Gasteiger partial charge in [0.2, 0.25) is 0 Å². The summed E-state index contributed by atoms with van der Waals surface area (Å²) in [4.78, 5) is 54.9. The summed E-state index contributed by atoms with van der Waals surface area (Å²) in [7, 11) is 1.74. The minimum Gasteiger partial charge on any atom is -0.444 e. The first-order valence-corrected chi connectivity index (χ1v) is 17.9. The van der Waals surface area contributed by atoms with Crippen LogP contribution in [-0.4, -0.2) is 74.3 Å². The molecule has 1 aliphatic carbocycles. The van der Waals surface area contributed by atoms with Gasteiger partial charge in [-0.05, 0) is 86.9 Å². The quantitative estimate of drug-likeness (QED) is 0.270. The van der Waals surface area contributed by atoms with E-state index in [9.17, 15) is 14.4 Å². The lowest BCUT2D eigenvalue weighted by molar-refractivity contribution is 0.0240. The van der Waals surface area contributed by atoms with Gasteiger partial charge >= 0.3 is 6.09 Å². The Hall–Kier alpha value is -5.13. The van der Waals surface area contributed by atoms with Gasteiger partial charge in [0.15, 0.2) is 0 Å². The normalized spacial score (nSPS) is 17.0. The van der Waals surface area contributed by atoms with E-state index in [4.69, 9.17) is 9.72 Å². The van der Waals surface area contributed by atoms with Gasteiger partial charge in [0.05, 0.1) is 11.9 Å². The Morgan fingerprint density at radius 2 is 1.75 bits per heavy atom. The molecule has 0 saturated carbocycles. The van der Waals surface area contributed by atoms with Crippen molar-refractivity contribution in [3.8, 4) is 11.1 Å². The predicted molar refractivity (Wildman–Crippen MR) is 199 cm³/mol. The van der Waals surface area contributed by atoms with Crippen molar-refractivity contribution in [3.63, 3.8) is 0 Å². The van der Waals surface area contributed by atoms with Crippen LogP contribution < -0.4 is 20.7 Å². The number of aromatic nitrogens is 4. The largest absolute Gasteiger partial charge is 0.444 e. The second-order valence-electron chi connectivity index (χ2n) is 15.7. The standard InChI is InChI=1S/C39H48N8O4/c1-8-28-29(11-12-40-34(28)47-18-17-46-31(36(47)49)20-25-21-39(5,6)22-32(25)46)26-19-30(35(48)43(7)24-26)42-33-10-9-27(23-41-33)44-13-15-45(16-14-44)37(50)51-38(2,3)4/h9-12,19-20,23-24H,8,13-18,21-22H2,1-7H3,(H,41,42). The number of nitrogens with one attached hydrogen (secondary N) is 1. The number of pyridine rings is 3. The van der Waals surface area contributed by atoms with Gasteiger partial charge in [0.1, 0.15) is 28.6 Å². The number of carbonyl (C=O) groups is 2. The minimum atomic E-state index is -0.527. The van der Waals surface area contributed by atoms with Gasteiger partial charge in [-0.15, -0.1) is 0 Å². The predicted octanol–water partition coefficient (Wildman–Crippen LogP) is 5.79. The summed E-state index contributed by atoms with van der Waals surface area (Å²) in [6.07, 6.45) is 7.70. The van der Waals surface area contributed by atoms with Crippen LogP contribution in [0.3, 0.4) is 0 Å². The van der Waals surface area contributed by atoms with Crippen molar-refractivity contribution in [2.24, 2.45) is 12.5 Å². The molecule has 0 bridgehead atoms. The van der Waals surface area contributed by atoms with E-state index in [0.717, 1.165) is 47.5 Å². The van der Waals surface area contributed by atoms with Crippen LogP contribution in [0.5, 0.6) is 0 Å². The molecule has 1 N–H and O–H groups in total. The van der Waals surface area contributed by atoms with Gasteiger partial charge in [-0.3, -0.25) is 14.5 Å². The zero-order valence-electron chi connectivity index (χ0n) is 30.7. The van der Waals surface area contributed by atoms with Crippen LogP contribution in [0, 0.1) is 5.41 Å². The third-order valence-electron chi connectivity index (χ3n) is 10.1. The molecular weight excluding hydrogens is 644 g/mol. The summed E-state index contributed by atoms with van der Waals surface area (Å²) >= 11 is 0. The molecule has 3 aliphatic rings. The highest BCUT2D eigenvalue weighted by atomic mass is 16.6. The third kappa shape index (κ3) is 6.71. The summed E-state index contributed by atoms with van der Waals surface area (Å²) < 4.78 is 9.31. The van der Waals surface area contributed by atoms with Crippen molar-refractivity contribution >= 4 is 35.0 Å². The maximum absolute atomic E-state index is 13.9. The van der Waals surface area contributed by atoms with Crippen molar-refractivity contribution < 1.29 is 14.3 Å². The highest BCUT2D eigenvalue weighted by Gasteiger charge is 2.37. The number of piperazine rings is 1. The number of rotatable bonds is 6. The fraction of sp³-hybridized carbons (Fsp3) is 0.462. The number of amides is 2. The molecule has 2 aliphatic heterocycles. The van der Waals surface area contributed by atoms with E-state index in [1.165, 1.54) is 11.3 Å². The molecule has 12 nitrogen and oxygen atoms in total. The molecule has 4 aromatic rings. The smallest absolute Gasteiger partial charge is 0.410 e. The first-order valence-electron chi connectivity index (χ1n) is 17.9. The van der Waals surface area contributed by atoms with Crippen molar-refractivity contribution in [1.82, 2.24) is 24.0 Å². The Morgan fingerprint density at radius 3 is 2.43 bits per heavy atom. The van der Waals surface area contributed by atoms with Gasteiger partial charge in [-0.1, -0.05) is 20.8 Å². The monoisotopic (exact) mass is 692 g/mol. The van der Waals surface area contributed by atoms with E-state index in [1.54, 1.807) is 28.9 Å². The molecule has 51 heavy (non-hydrogen) atoms. The fourth-order valence-corrected chi connectivity index (χ4v) is 7.65. The molecule has 1 saturated heterocycles. The van der Waals surface area contributed by atoms with E-state index < -0.39 is 5.60 Å². The summed E-state index contributed by atoms with van der Waals surface area (Å²) in [5, 5.41) is 3.24. The average molecular weight is 693 g/mol. The molecule has 0 radical (unpaired) electrons. The van der Waals surface area contributed by atoms with E-state index in [2.05, 4.69) is 46.6 Å². The molecule has 268 valence electrons. The lowest BCUT2D eigenvalue weighted by Crippen LogP contribution is -2.50. The number of ether oxygens (including phenoxy) is 1. The van der Waals surface area contributed by atoms with Crippen LogP contribution in [-0.2, 0) is 37.6 Å². The summed E-state index contributed by atoms with van der Waals surface area (Å²) in [5.41, 5.74) is 6.90. The second-order valence-corrected chi connectivity index (χ2v) is 15.7. The van der Waals surface area contributed by atoms with E-state index in [-0.39, 0.29) is 23.0 Å². The maximum Gasteiger partial charge on any atom is 0.410 e. The van der Waals surface area contributed by atoms with Crippen molar-refractivity contribution in [2.75, 3.05) is 47.8 Å². The number of carbonyl (C=O) groups excluding carboxylic acids is 2. The second kappa shape index (κ2) is 12.9. The molecule has 0 unspecified atom stereocenters. The van der Waals surface area contributed by atoms with Gasteiger partial charge in [-0.2, -0.15) is 0 Å². The van der Waals surface area contributed by atoms with E-state index >= 15 is 0 Å². The molecule has 0 atom stereocenters. The third-order valence-corrected chi connectivity index (χ3v) is 10.1. The molecule has 7 rings (SSSR count). The van der Waals surface area contributed by atoms with Gasteiger partial charge < -0.3 is 29.0 Å². The summed E-state index contributed by atoms with van der Waals surface area (Å²) in [5.74, 6) is 1.19. The Bertz CT molecular complexity index is 2050. The Balaban J connectivity index is 1.09. The highest BCUT2D eigenvalue weighted by molar-refractivity contribution is 6.06. The van der Waals surface area contributed by atoms with Crippen molar-refractivity contribution in [1.29, 1.82) is 0 Å². The van der Waals surface area contributed by atoms with Crippen LogP contribution in [0.1, 0.15) is 68.9 Å². The number of anilines is 4. The molecule has 2 amide bonds. The summed E-state index contributed by atoms with van der Waals surface area (Å²) in [6.45, 7) is 16.0. The van der Waals surface area contributed by atoms with Crippen LogP contribution in [0.2, 0.25) is 0 Å². The highest BCUT2D eigenvalue weighted by Crippen LogP contribution is 2.40. The van der Waals surface area contributed by atoms with Gasteiger partial charge in [0.25, 0.3) is 11.5 Å². The number of nitrogens with zero attached hydrogens (tertiary/aromatic N) is 7. The Morgan fingerprint density at radius 1 is 0.980 bits per heavy atom. The fourth-order valence-electron chi connectivity index (χ4n) is 7.65. The van der Waals surface area contributed by atoms with Crippen LogP contribution in [0.15, 0.2) is 53.7 Å². The molecule has 4 aromatic heterocycles. The van der Waals surface area contributed by atoms with Gasteiger partial charge in [0, 0.05) is 75.5 Å².